The number of halogens is 1. The van der Waals surface area contributed by atoms with Crippen LogP contribution in [0.1, 0.15) is 37.6 Å². The Morgan fingerprint density at radius 2 is 2.23 bits per heavy atom. The van der Waals surface area contributed by atoms with E-state index in [9.17, 15) is 4.79 Å². The van der Waals surface area contributed by atoms with E-state index in [-0.39, 0.29) is 5.41 Å². The number of alkyl halides is 1. The van der Waals surface area contributed by atoms with Crippen molar-refractivity contribution < 1.29 is 9.32 Å². The first kappa shape index (κ1) is 10.3. The highest BCUT2D eigenvalue weighted by atomic mass is 35.5. The van der Waals surface area contributed by atoms with Crippen LogP contribution in [0.25, 0.3) is 0 Å². The molecule has 0 bridgehead atoms. The number of rotatable bonds is 2. The normalized spacial score (nSPS) is 14.2. The number of hydrogen-bond acceptors (Lipinski definition) is 3. The molecule has 1 heterocycles. The molecule has 0 aliphatic heterocycles. The van der Waals surface area contributed by atoms with Crippen LogP contribution in [-0.2, 0) is 10.2 Å². The van der Waals surface area contributed by atoms with Crippen molar-refractivity contribution in [1.29, 1.82) is 0 Å². The predicted octanol–water partition coefficient (Wildman–Crippen LogP) is 2.45. The van der Waals surface area contributed by atoms with Gasteiger partial charge in [-0.1, -0.05) is 25.9 Å². The Morgan fingerprint density at radius 1 is 1.62 bits per heavy atom. The van der Waals surface area contributed by atoms with E-state index in [1.807, 2.05) is 20.8 Å². The van der Waals surface area contributed by atoms with Crippen LogP contribution in [0.4, 0.5) is 0 Å². The van der Waals surface area contributed by atoms with Crippen LogP contribution >= 0.6 is 11.6 Å². The summed E-state index contributed by atoms with van der Waals surface area (Å²) in [7, 11) is 0. The molecule has 1 atom stereocenters. The summed E-state index contributed by atoms with van der Waals surface area (Å²) in [4.78, 5) is 10.4. The molecule has 0 aliphatic rings. The fraction of sp³-hybridized carbons (Fsp3) is 0.556. The van der Waals surface area contributed by atoms with Crippen molar-refractivity contribution in [2.75, 3.05) is 0 Å². The lowest BCUT2D eigenvalue weighted by atomic mass is 9.93. The van der Waals surface area contributed by atoms with Gasteiger partial charge >= 0.3 is 0 Å². The first-order valence-corrected chi connectivity index (χ1v) is 4.45. The molecule has 72 valence electrons. The van der Waals surface area contributed by atoms with Gasteiger partial charge in [0.05, 0.1) is 0 Å². The van der Waals surface area contributed by atoms with E-state index < -0.39 is 5.38 Å². The number of nitrogens with zero attached hydrogens (tertiary/aromatic N) is 1. The molecule has 0 N–H and O–H groups in total. The fourth-order valence-electron chi connectivity index (χ4n) is 0.842. The lowest BCUT2D eigenvalue weighted by Gasteiger charge is -2.12. The van der Waals surface area contributed by atoms with Gasteiger partial charge in [-0.25, -0.2) is 0 Å². The van der Waals surface area contributed by atoms with Crippen LogP contribution in [0.3, 0.4) is 0 Å². The van der Waals surface area contributed by atoms with Crippen molar-refractivity contribution in [3.8, 4) is 0 Å². The fourth-order valence-corrected chi connectivity index (χ4v) is 0.945. The topological polar surface area (TPSA) is 43.1 Å². The molecule has 0 aliphatic carbocycles. The minimum atomic E-state index is -0.708. The highest BCUT2D eigenvalue weighted by molar-refractivity contribution is 6.27. The molecule has 0 saturated carbocycles. The summed E-state index contributed by atoms with van der Waals surface area (Å²) in [5, 5.41) is 3.01. The molecular weight excluding hydrogens is 190 g/mol. The molecule has 13 heavy (non-hydrogen) atoms. The van der Waals surface area contributed by atoms with E-state index in [1.165, 1.54) is 0 Å². The minimum Gasteiger partial charge on any atom is -0.361 e. The maximum Gasteiger partial charge on any atom is 0.144 e. The molecular formula is C9H12ClNO2. The van der Waals surface area contributed by atoms with Crippen LogP contribution in [0.5, 0.6) is 0 Å². The molecule has 0 radical (unpaired) electrons. The summed E-state index contributed by atoms with van der Waals surface area (Å²) in [5.41, 5.74) is 0.367. The molecule has 1 unspecified atom stereocenters. The second kappa shape index (κ2) is 3.50. The number of hydrogen-bond donors (Lipinski definition) is 0. The van der Waals surface area contributed by atoms with E-state index in [4.69, 9.17) is 16.1 Å². The standard InChI is InChI=1S/C9H12ClNO2/c1-9(2,3)8-4-7(11-13-8)6(10)5-12/h4-6H,1-3H3. The van der Waals surface area contributed by atoms with Crippen molar-refractivity contribution in [3.05, 3.63) is 17.5 Å². The average molecular weight is 202 g/mol. The zero-order valence-corrected chi connectivity index (χ0v) is 8.63. The first-order valence-electron chi connectivity index (χ1n) is 4.01. The maximum absolute atomic E-state index is 10.4. The Morgan fingerprint density at radius 3 is 2.62 bits per heavy atom. The van der Waals surface area contributed by atoms with Gasteiger partial charge in [0.2, 0.25) is 0 Å². The zero-order valence-electron chi connectivity index (χ0n) is 7.87. The second-order valence-electron chi connectivity index (χ2n) is 3.90. The van der Waals surface area contributed by atoms with Gasteiger partial charge in [0.15, 0.2) is 0 Å². The van der Waals surface area contributed by atoms with Crippen molar-refractivity contribution in [2.45, 2.75) is 31.6 Å². The Labute approximate surface area is 82.1 Å². The summed E-state index contributed by atoms with van der Waals surface area (Å²) in [6.07, 6.45) is 0.631. The molecule has 0 spiro atoms. The summed E-state index contributed by atoms with van der Waals surface area (Å²) < 4.78 is 5.06. The Kier molecular flexibility index (Phi) is 2.76. The summed E-state index contributed by atoms with van der Waals surface area (Å²) >= 11 is 5.66. The van der Waals surface area contributed by atoms with Gasteiger partial charge in [0.1, 0.15) is 23.1 Å². The maximum atomic E-state index is 10.4. The molecule has 3 nitrogen and oxygen atoms in total. The molecule has 1 aromatic rings. The van der Waals surface area contributed by atoms with Gasteiger partial charge < -0.3 is 9.32 Å². The van der Waals surface area contributed by atoms with Crippen molar-refractivity contribution in [3.63, 3.8) is 0 Å². The molecule has 0 fully saturated rings. The van der Waals surface area contributed by atoms with Crippen LogP contribution in [0, 0.1) is 0 Å². The van der Waals surface area contributed by atoms with E-state index in [0.29, 0.717) is 12.0 Å². The van der Waals surface area contributed by atoms with Crippen LogP contribution in [0.15, 0.2) is 10.6 Å². The number of aldehydes is 1. The number of aromatic nitrogens is 1. The van der Waals surface area contributed by atoms with Crippen molar-refractivity contribution in [2.24, 2.45) is 0 Å². The van der Waals surface area contributed by atoms with Gasteiger partial charge in [-0.15, -0.1) is 11.6 Å². The lowest BCUT2D eigenvalue weighted by molar-refractivity contribution is -0.107. The third kappa shape index (κ3) is 2.31. The molecule has 1 rings (SSSR count). The van der Waals surface area contributed by atoms with E-state index in [1.54, 1.807) is 6.07 Å². The first-order chi connectivity index (χ1) is 5.95. The second-order valence-corrected chi connectivity index (χ2v) is 4.37. The van der Waals surface area contributed by atoms with Crippen LogP contribution in [0.2, 0.25) is 0 Å². The van der Waals surface area contributed by atoms with Gasteiger partial charge in [-0.05, 0) is 0 Å². The highest BCUT2D eigenvalue weighted by Crippen LogP contribution is 2.26. The predicted molar refractivity (Wildman–Crippen MR) is 49.9 cm³/mol. The molecule has 0 amide bonds. The summed E-state index contributed by atoms with van der Waals surface area (Å²) in [5.74, 6) is 0.731. The quantitative estimate of drug-likeness (QED) is 0.545. The lowest BCUT2D eigenvalue weighted by Crippen LogP contribution is -2.09. The van der Waals surface area contributed by atoms with Gasteiger partial charge in [-0.3, -0.25) is 0 Å². The van der Waals surface area contributed by atoms with Crippen molar-refractivity contribution in [1.82, 2.24) is 5.16 Å². The Balaban J connectivity index is 2.93. The summed E-state index contributed by atoms with van der Waals surface area (Å²) in [6.45, 7) is 6.00. The molecule has 0 aromatic carbocycles. The molecule has 1 aromatic heterocycles. The zero-order chi connectivity index (χ0) is 10.1. The van der Waals surface area contributed by atoms with Gasteiger partial charge in [0, 0.05) is 11.5 Å². The monoisotopic (exact) mass is 201 g/mol. The largest absolute Gasteiger partial charge is 0.361 e. The number of carbonyl (C=O) groups is 1. The Bertz CT molecular complexity index is 301. The van der Waals surface area contributed by atoms with Gasteiger partial charge in [-0.2, -0.15) is 0 Å². The average Bonchev–Trinajstić information content (AvgIpc) is 2.50. The SMILES string of the molecule is CC(C)(C)c1cc(C(Cl)C=O)no1. The van der Waals surface area contributed by atoms with E-state index in [0.717, 1.165) is 5.76 Å². The Hall–Kier alpha value is -0.830. The summed E-state index contributed by atoms with van der Waals surface area (Å²) in [6, 6.07) is 1.71. The minimum absolute atomic E-state index is 0.106. The third-order valence-corrected chi connectivity index (χ3v) is 2.00. The van der Waals surface area contributed by atoms with E-state index in [2.05, 4.69) is 5.16 Å². The van der Waals surface area contributed by atoms with Crippen LogP contribution in [-0.4, -0.2) is 11.4 Å². The molecule has 4 heteroatoms. The van der Waals surface area contributed by atoms with Crippen LogP contribution < -0.4 is 0 Å². The molecule has 0 saturated heterocycles. The van der Waals surface area contributed by atoms with E-state index >= 15 is 0 Å². The number of carbonyl (C=O) groups excluding carboxylic acids is 1. The van der Waals surface area contributed by atoms with Gasteiger partial charge in [0.25, 0.3) is 0 Å². The van der Waals surface area contributed by atoms with Crippen molar-refractivity contribution >= 4 is 17.9 Å². The third-order valence-electron chi connectivity index (χ3n) is 1.67. The highest BCUT2D eigenvalue weighted by Gasteiger charge is 2.21. The smallest absolute Gasteiger partial charge is 0.144 e.